The molecule has 2 aliphatic heterocycles. The van der Waals surface area contributed by atoms with E-state index in [0.29, 0.717) is 0 Å². The third-order valence-electron chi connectivity index (χ3n) is 9.36. The van der Waals surface area contributed by atoms with E-state index in [2.05, 4.69) is 78.4 Å². The van der Waals surface area contributed by atoms with Crippen molar-refractivity contribution >= 4 is 66.7 Å². The summed E-state index contributed by atoms with van der Waals surface area (Å²) in [4.78, 5) is 8.84. The quantitative estimate of drug-likeness (QED) is 0.290. The Hall–Kier alpha value is -1.58. The number of fused-ring (bicyclic) bond motifs is 4. The molecule has 2 saturated carbocycles. The highest BCUT2D eigenvalue weighted by atomic mass is 79.9. The highest BCUT2D eigenvalue weighted by Gasteiger charge is 2.48. The maximum Gasteiger partial charge on any atom is 0.131 e. The van der Waals surface area contributed by atoms with Crippen LogP contribution in [-0.2, 0) is 10.8 Å². The first kappa shape index (κ1) is 28.0. The Morgan fingerprint density at radius 1 is 0.711 bits per heavy atom. The SMILES string of the molecule is CC1(C#N)CCC2(CC1)CNc1ncc(Br)c(Cl)c12.CC1(C#N)CCC2(CC1)CNc1ncc(Br)c(Cl)c12. The zero-order valence-corrected chi connectivity index (χ0v) is 26.2. The van der Waals surface area contributed by atoms with E-state index in [4.69, 9.17) is 23.2 Å². The number of anilines is 2. The van der Waals surface area contributed by atoms with Crippen LogP contribution < -0.4 is 10.6 Å². The molecule has 2 spiro atoms. The minimum Gasteiger partial charge on any atom is -0.369 e. The second kappa shape index (κ2) is 10.1. The van der Waals surface area contributed by atoms with E-state index in [-0.39, 0.29) is 21.7 Å². The first-order chi connectivity index (χ1) is 18.0. The van der Waals surface area contributed by atoms with Crippen molar-refractivity contribution in [3.8, 4) is 12.1 Å². The number of nitrogens with one attached hydrogen (secondary N) is 2. The van der Waals surface area contributed by atoms with Crippen LogP contribution in [0.2, 0.25) is 10.0 Å². The van der Waals surface area contributed by atoms with E-state index < -0.39 is 0 Å². The standard InChI is InChI=1S/2C14H15BrClN3/c2*1-13(7-17)2-4-14(5-3-13)8-19-12-10(14)11(16)9(15)6-18-12/h2*6H,2-5,8H2,1H3,(H,18,19). The van der Waals surface area contributed by atoms with Gasteiger partial charge in [-0.25, -0.2) is 9.97 Å². The van der Waals surface area contributed by atoms with Crippen LogP contribution in [0.15, 0.2) is 21.3 Å². The largest absolute Gasteiger partial charge is 0.369 e. The third-order valence-corrected chi connectivity index (χ3v) is 11.8. The molecule has 6 nitrogen and oxygen atoms in total. The van der Waals surface area contributed by atoms with Gasteiger partial charge in [-0.3, -0.25) is 0 Å². The average molecular weight is 681 g/mol. The van der Waals surface area contributed by atoms with E-state index in [1.54, 1.807) is 12.4 Å². The van der Waals surface area contributed by atoms with Crippen LogP contribution in [-0.4, -0.2) is 23.1 Å². The predicted molar refractivity (Wildman–Crippen MR) is 159 cm³/mol. The molecule has 0 saturated heterocycles. The van der Waals surface area contributed by atoms with Gasteiger partial charge in [-0.2, -0.15) is 10.5 Å². The van der Waals surface area contributed by atoms with Gasteiger partial charge in [0.2, 0.25) is 0 Å². The summed E-state index contributed by atoms with van der Waals surface area (Å²) in [5.74, 6) is 1.82. The molecule has 38 heavy (non-hydrogen) atoms. The van der Waals surface area contributed by atoms with Gasteiger partial charge in [0, 0.05) is 47.4 Å². The van der Waals surface area contributed by atoms with Crippen molar-refractivity contribution in [3.63, 3.8) is 0 Å². The van der Waals surface area contributed by atoms with Crippen molar-refractivity contribution in [2.75, 3.05) is 23.7 Å². The van der Waals surface area contributed by atoms with Gasteiger partial charge in [0.25, 0.3) is 0 Å². The summed E-state index contributed by atoms with van der Waals surface area (Å²) in [6, 6.07) is 4.92. The monoisotopic (exact) mass is 678 g/mol. The Labute approximate surface area is 251 Å². The molecule has 10 heteroatoms. The molecular weight excluding hydrogens is 651 g/mol. The van der Waals surface area contributed by atoms with Crippen molar-refractivity contribution in [2.45, 2.75) is 76.0 Å². The third kappa shape index (κ3) is 4.70. The maximum absolute atomic E-state index is 9.26. The summed E-state index contributed by atoms with van der Waals surface area (Å²) in [5, 5.41) is 26.8. The van der Waals surface area contributed by atoms with Gasteiger partial charge in [0.05, 0.1) is 42.0 Å². The number of halogens is 4. The van der Waals surface area contributed by atoms with E-state index in [1.165, 1.54) is 0 Å². The highest BCUT2D eigenvalue weighted by molar-refractivity contribution is 9.10. The number of hydrogen-bond donors (Lipinski definition) is 2. The van der Waals surface area contributed by atoms with Gasteiger partial charge in [-0.1, -0.05) is 23.2 Å². The van der Waals surface area contributed by atoms with Gasteiger partial charge in [0.1, 0.15) is 11.6 Å². The van der Waals surface area contributed by atoms with Crippen molar-refractivity contribution in [3.05, 3.63) is 42.5 Å². The lowest BCUT2D eigenvalue weighted by Crippen LogP contribution is -2.37. The number of pyridine rings is 2. The summed E-state index contributed by atoms with van der Waals surface area (Å²) in [6.45, 7) is 5.88. The lowest BCUT2D eigenvalue weighted by atomic mass is 9.63. The first-order valence-corrected chi connectivity index (χ1v) is 15.3. The molecule has 0 radical (unpaired) electrons. The summed E-state index contributed by atoms with van der Waals surface area (Å²) in [6.07, 6.45) is 11.2. The zero-order chi connectivity index (χ0) is 27.3. The molecule has 2 aliphatic carbocycles. The van der Waals surface area contributed by atoms with Crippen molar-refractivity contribution in [1.29, 1.82) is 10.5 Å². The van der Waals surface area contributed by atoms with Gasteiger partial charge in [-0.05, 0) is 97.1 Å². The van der Waals surface area contributed by atoms with E-state index in [0.717, 1.165) is 106 Å². The normalized spacial score (nSPS) is 32.7. The van der Waals surface area contributed by atoms with Crippen LogP contribution in [0.5, 0.6) is 0 Å². The summed E-state index contributed by atoms with van der Waals surface area (Å²) in [5.41, 5.74) is 2.03. The molecule has 4 heterocycles. The Morgan fingerprint density at radius 2 is 1.05 bits per heavy atom. The second-order valence-electron chi connectivity index (χ2n) is 11.9. The highest BCUT2D eigenvalue weighted by Crippen LogP contribution is 2.55. The van der Waals surface area contributed by atoms with Crippen molar-refractivity contribution < 1.29 is 0 Å². The molecular formula is C28H30Br2Cl2N6. The van der Waals surface area contributed by atoms with E-state index in [1.807, 2.05) is 0 Å². The molecule has 2 aromatic heterocycles. The Bertz CT molecular complexity index is 1250. The summed E-state index contributed by atoms with van der Waals surface area (Å²) in [7, 11) is 0. The second-order valence-corrected chi connectivity index (χ2v) is 14.4. The Balaban J connectivity index is 0.000000155. The first-order valence-electron chi connectivity index (χ1n) is 13.0. The maximum atomic E-state index is 9.26. The Kier molecular flexibility index (Phi) is 7.44. The fraction of sp³-hybridized carbons (Fsp3) is 0.571. The number of nitrogens with zero attached hydrogens (tertiary/aromatic N) is 4. The predicted octanol–water partition coefficient (Wildman–Crippen LogP) is 8.53. The number of hydrogen-bond acceptors (Lipinski definition) is 6. The van der Waals surface area contributed by atoms with Gasteiger partial charge in [0.15, 0.2) is 0 Å². The molecule has 2 fully saturated rings. The average Bonchev–Trinajstić information content (AvgIpc) is 3.48. The topological polar surface area (TPSA) is 97.4 Å². The fourth-order valence-corrected chi connectivity index (χ4v) is 7.77. The molecule has 0 atom stereocenters. The minimum atomic E-state index is -0.181. The molecule has 200 valence electrons. The number of nitriles is 2. The molecule has 0 bridgehead atoms. The van der Waals surface area contributed by atoms with Crippen LogP contribution in [0, 0.1) is 33.5 Å². The van der Waals surface area contributed by atoms with Crippen LogP contribution in [0.4, 0.5) is 11.6 Å². The van der Waals surface area contributed by atoms with Crippen LogP contribution in [0.25, 0.3) is 0 Å². The fourth-order valence-electron chi connectivity index (χ4n) is 6.49. The lowest BCUT2D eigenvalue weighted by molar-refractivity contribution is 0.207. The Morgan fingerprint density at radius 3 is 1.37 bits per heavy atom. The molecule has 0 amide bonds. The smallest absolute Gasteiger partial charge is 0.131 e. The van der Waals surface area contributed by atoms with Crippen LogP contribution in [0.1, 0.15) is 76.3 Å². The molecule has 2 N–H and O–H groups in total. The number of aromatic nitrogens is 2. The van der Waals surface area contributed by atoms with Gasteiger partial charge < -0.3 is 10.6 Å². The zero-order valence-electron chi connectivity index (χ0n) is 21.5. The van der Waals surface area contributed by atoms with Gasteiger partial charge >= 0.3 is 0 Å². The van der Waals surface area contributed by atoms with Crippen LogP contribution in [0.3, 0.4) is 0 Å². The van der Waals surface area contributed by atoms with Crippen molar-refractivity contribution in [1.82, 2.24) is 9.97 Å². The summed E-state index contributed by atoms with van der Waals surface area (Å²) < 4.78 is 1.70. The van der Waals surface area contributed by atoms with Crippen molar-refractivity contribution in [2.24, 2.45) is 10.8 Å². The molecule has 0 aromatic carbocycles. The number of rotatable bonds is 0. The molecule has 4 aliphatic rings. The lowest BCUT2D eigenvalue weighted by Gasteiger charge is -2.39. The van der Waals surface area contributed by atoms with E-state index >= 15 is 0 Å². The van der Waals surface area contributed by atoms with E-state index in [9.17, 15) is 10.5 Å². The van der Waals surface area contributed by atoms with Gasteiger partial charge in [-0.15, -0.1) is 0 Å². The minimum absolute atomic E-state index is 0.0551. The summed E-state index contributed by atoms with van der Waals surface area (Å²) >= 11 is 19.9. The molecule has 2 aromatic rings. The molecule has 0 unspecified atom stereocenters. The van der Waals surface area contributed by atoms with Crippen LogP contribution >= 0.6 is 55.1 Å². The molecule has 6 rings (SSSR count).